The average Bonchev–Trinajstić information content (AvgIpc) is 3.34. The summed E-state index contributed by atoms with van der Waals surface area (Å²) in [6.45, 7) is 5.61. The standard InChI is InChI=1S/C33H54N2O6/c1-31-13-11-23(41-29(38)19-35(6,7)8)16-22(31)9-10-26-25(31)12-14-32(2)30(21-15-28(37)40-20-21)24(17-33(26,32)39)27(36)18-34(3,4)5/h15,22-26,30,39H,9-14,16-20H2,1-8H3/q+2/t22-,23-,24-,25-,26+,30-,31-,32+,33-/m0/s1. The van der Waals surface area contributed by atoms with Gasteiger partial charge >= 0.3 is 11.9 Å². The number of carbonyl (C=O) groups is 3. The van der Waals surface area contributed by atoms with Crippen molar-refractivity contribution in [2.75, 3.05) is 62.0 Å². The van der Waals surface area contributed by atoms with Crippen LogP contribution in [0.5, 0.6) is 0 Å². The molecule has 0 radical (unpaired) electrons. The summed E-state index contributed by atoms with van der Waals surface area (Å²) in [5.74, 6) is 0.173. The number of ether oxygens (including phenoxy) is 2. The fourth-order valence-electron chi connectivity index (χ4n) is 10.1. The first-order valence-electron chi connectivity index (χ1n) is 15.8. The molecule has 4 fully saturated rings. The molecule has 0 aromatic carbocycles. The summed E-state index contributed by atoms with van der Waals surface area (Å²) in [6.07, 6.45) is 8.57. The predicted molar refractivity (Wildman–Crippen MR) is 155 cm³/mol. The van der Waals surface area contributed by atoms with Crippen molar-refractivity contribution in [2.24, 2.45) is 40.4 Å². The molecule has 1 aliphatic heterocycles. The van der Waals surface area contributed by atoms with Crippen LogP contribution in [0.15, 0.2) is 11.6 Å². The number of fused-ring (bicyclic) bond motifs is 5. The van der Waals surface area contributed by atoms with Crippen LogP contribution in [0.3, 0.4) is 0 Å². The van der Waals surface area contributed by atoms with Crippen molar-refractivity contribution < 1.29 is 37.9 Å². The van der Waals surface area contributed by atoms with E-state index in [1.807, 2.05) is 42.3 Å². The number of aliphatic hydroxyl groups is 1. The normalized spacial score (nSPS) is 42.5. The zero-order chi connectivity index (χ0) is 30.2. The number of quaternary nitrogens is 2. The SMILES string of the molecule is C[C@]12CC[C@H](OC(=O)C[N+](C)(C)C)C[C@@H]1CC[C@@H]1[C@@H]2CC[C@]2(C)[C@@H](C3=CC(=O)OC3)[C@H](C(=O)C[N+](C)(C)C)C[C@]12O. The first-order valence-corrected chi connectivity index (χ1v) is 15.8. The minimum Gasteiger partial charge on any atom is -0.458 e. The van der Waals surface area contributed by atoms with E-state index in [0.717, 1.165) is 50.5 Å². The number of cyclic esters (lactones) is 1. The smallest absolute Gasteiger partial charge is 0.362 e. The molecule has 0 bridgehead atoms. The van der Waals surface area contributed by atoms with Gasteiger partial charge in [-0.2, -0.15) is 0 Å². The first-order chi connectivity index (χ1) is 18.9. The topological polar surface area (TPSA) is 89.9 Å². The summed E-state index contributed by atoms with van der Waals surface area (Å²) in [6, 6.07) is 0. The van der Waals surface area contributed by atoms with Crippen molar-refractivity contribution in [3.8, 4) is 0 Å². The molecule has 230 valence electrons. The van der Waals surface area contributed by atoms with Crippen molar-refractivity contribution in [1.82, 2.24) is 0 Å². The molecular weight excluding hydrogens is 520 g/mol. The number of Topliss-reactive ketones (excluding diaryl/α,β-unsaturated/α-hetero) is 1. The molecule has 0 amide bonds. The van der Waals surface area contributed by atoms with E-state index in [1.54, 1.807) is 6.08 Å². The van der Waals surface area contributed by atoms with E-state index in [1.165, 1.54) is 0 Å². The van der Waals surface area contributed by atoms with Gasteiger partial charge in [0.2, 0.25) is 0 Å². The molecule has 41 heavy (non-hydrogen) atoms. The molecule has 1 heterocycles. The van der Waals surface area contributed by atoms with E-state index >= 15 is 0 Å². The van der Waals surface area contributed by atoms with E-state index in [0.29, 0.717) is 40.3 Å². The highest BCUT2D eigenvalue weighted by molar-refractivity contribution is 5.87. The van der Waals surface area contributed by atoms with Gasteiger partial charge in [-0.3, -0.25) is 4.79 Å². The van der Waals surface area contributed by atoms with Gasteiger partial charge in [0.25, 0.3) is 0 Å². The summed E-state index contributed by atoms with van der Waals surface area (Å²) < 4.78 is 12.4. The molecule has 8 nitrogen and oxygen atoms in total. The van der Waals surface area contributed by atoms with Crippen LogP contribution in [-0.4, -0.2) is 105 Å². The Kier molecular flexibility index (Phi) is 7.60. The van der Waals surface area contributed by atoms with Gasteiger partial charge in [-0.05, 0) is 80.1 Å². The molecule has 0 spiro atoms. The van der Waals surface area contributed by atoms with E-state index in [-0.39, 0.29) is 53.6 Å². The Balaban J connectivity index is 1.40. The molecule has 1 N–H and O–H groups in total. The van der Waals surface area contributed by atoms with Crippen molar-refractivity contribution >= 4 is 17.7 Å². The third-order valence-electron chi connectivity index (χ3n) is 11.9. The second-order valence-electron chi connectivity index (χ2n) is 16.7. The van der Waals surface area contributed by atoms with Gasteiger partial charge in [-0.1, -0.05) is 13.8 Å². The van der Waals surface area contributed by atoms with Crippen LogP contribution < -0.4 is 0 Å². The minimum absolute atomic E-state index is 0.0270. The number of esters is 2. The molecule has 0 unspecified atom stereocenters. The van der Waals surface area contributed by atoms with Gasteiger partial charge in [-0.25, -0.2) is 9.59 Å². The number of nitrogens with zero attached hydrogens (tertiary/aromatic N) is 2. The monoisotopic (exact) mass is 574 g/mol. The van der Waals surface area contributed by atoms with Crippen LogP contribution in [0.4, 0.5) is 0 Å². The van der Waals surface area contributed by atoms with E-state index in [2.05, 4.69) is 13.8 Å². The highest BCUT2D eigenvalue weighted by atomic mass is 16.5. The summed E-state index contributed by atoms with van der Waals surface area (Å²) in [7, 11) is 12.1. The largest absolute Gasteiger partial charge is 0.458 e. The maximum atomic E-state index is 13.9. The van der Waals surface area contributed by atoms with Crippen molar-refractivity contribution in [1.29, 1.82) is 0 Å². The molecule has 9 atom stereocenters. The van der Waals surface area contributed by atoms with Crippen molar-refractivity contribution in [3.63, 3.8) is 0 Å². The maximum absolute atomic E-state index is 13.9. The molecule has 5 aliphatic rings. The van der Waals surface area contributed by atoms with Gasteiger partial charge < -0.3 is 23.5 Å². The molecule has 0 aromatic rings. The van der Waals surface area contributed by atoms with Crippen LogP contribution >= 0.6 is 0 Å². The van der Waals surface area contributed by atoms with Crippen LogP contribution in [-0.2, 0) is 23.9 Å². The fourth-order valence-corrected chi connectivity index (χ4v) is 10.1. The van der Waals surface area contributed by atoms with Crippen LogP contribution in [0.2, 0.25) is 0 Å². The Morgan fingerprint density at radius 1 is 0.976 bits per heavy atom. The third-order valence-corrected chi connectivity index (χ3v) is 11.9. The fraction of sp³-hybridized carbons (Fsp3) is 0.848. The Morgan fingerprint density at radius 3 is 2.27 bits per heavy atom. The van der Waals surface area contributed by atoms with Crippen molar-refractivity contribution in [2.45, 2.75) is 76.9 Å². The number of ketones is 1. The Bertz CT molecular complexity index is 1120. The number of rotatable bonds is 7. The van der Waals surface area contributed by atoms with Gasteiger partial charge in [0, 0.05) is 23.3 Å². The van der Waals surface area contributed by atoms with Crippen molar-refractivity contribution in [3.05, 3.63) is 11.6 Å². The minimum atomic E-state index is -0.972. The van der Waals surface area contributed by atoms with Gasteiger partial charge in [0.05, 0.1) is 47.9 Å². The maximum Gasteiger partial charge on any atom is 0.362 e. The van der Waals surface area contributed by atoms with Crippen LogP contribution in [0.25, 0.3) is 0 Å². The van der Waals surface area contributed by atoms with Gasteiger partial charge in [0.1, 0.15) is 19.3 Å². The van der Waals surface area contributed by atoms with Crippen LogP contribution in [0.1, 0.15) is 65.2 Å². The number of likely N-dealkylation sites (N-methyl/N-ethyl adjacent to an activating group) is 2. The lowest BCUT2D eigenvalue weighted by Gasteiger charge is -2.63. The summed E-state index contributed by atoms with van der Waals surface area (Å²) in [4.78, 5) is 38.6. The lowest BCUT2D eigenvalue weighted by atomic mass is 9.43. The Hall–Kier alpha value is -1.77. The number of hydrogen-bond acceptors (Lipinski definition) is 6. The summed E-state index contributed by atoms with van der Waals surface area (Å²) in [5.41, 5.74) is -0.488. The highest BCUT2D eigenvalue weighted by Gasteiger charge is 2.71. The zero-order valence-corrected chi connectivity index (χ0v) is 26.7. The average molecular weight is 575 g/mol. The lowest BCUT2D eigenvalue weighted by Crippen LogP contribution is -2.62. The quantitative estimate of drug-likeness (QED) is 0.371. The van der Waals surface area contributed by atoms with Gasteiger partial charge in [-0.15, -0.1) is 0 Å². The van der Waals surface area contributed by atoms with Crippen LogP contribution in [0, 0.1) is 40.4 Å². The summed E-state index contributed by atoms with van der Waals surface area (Å²) >= 11 is 0. The molecule has 0 saturated heterocycles. The van der Waals surface area contributed by atoms with Gasteiger partial charge in [0.15, 0.2) is 12.3 Å². The lowest BCUT2D eigenvalue weighted by molar-refractivity contribution is -0.862. The molecule has 8 heteroatoms. The second-order valence-corrected chi connectivity index (χ2v) is 16.7. The summed E-state index contributed by atoms with van der Waals surface area (Å²) in [5, 5.41) is 12.9. The molecule has 0 aromatic heterocycles. The van der Waals surface area contributed by atoms with E-state index in [9.17, 15) is 19.5 Å². The van der Waals surface area contributed by atoms with E-state index in [4.69, 9.17) is 9.47 Å². The highest BCUT2D eigenvalue weighted by Crippen LogP contribution is 2.71. The Labute approximate surface area is 246 Å². The number of carbonyl (C=O) groups excluding carboxylic acids is 3. The Morgan fingerprint density at radius 2 is 1.66 bits per heavy atom. The first kappa shape index (κ1) is 30.7. The third kappa shape index (κ3) is 5.42. The zero-order valence-electron chi connectivity index (χ0n) is 26.7. The molecule has 4 aliphatic carbocycles. The molecule has 4 saturated carbocycles. The molecular formula is C33H54N2O6+2. The second kappa shape index (κ2) is 10.2. The number of hydrogen-bond donors (Lipinski definition) is 1. The predicted octanol–water partition coefficient (Wildman–Crippen LogP) is 3.36. The van der Waals surface area contributed by atoms with E-state index < -0.39 is 11.0 Å². The molecule has 5 rings (SSSR count).